The highest BCUT2D eigenvalue weighted by Gasteiger charge is 2.50. The van der Waals surface area contributed by atoms with Crippen LogP contribution in [0.3, 0.4) is 0 Å². The summed E-state index contributed by atoms with van der Waals surface area (Å²) in [5.74, 6) is 1.70. The van der Waals surface area contributed by atoms with Crippen LogP contribution >= 0.6 is 0 Å². The van der Waals surface area contributed by atoms with Crippen molar-refractivity contribution in [3.63, 3.8) is 0 Å². The minimum atomic E-state index is -0.130. The van der Waals surface area contributed by atoms with Crippen molar-refractivity contribution in [3.8, 4) is 0 Å². The number of allylic oxidation sites excluding steroid dienone is 4. The molecule has 2 saturated carbocycles. The lowest BCUT2D eigenvalue weighted by molar-refractivity contribution is -0.148. The SMILES string of the molecule is CC(=O)OC1CC2CC1C1C=CC=C21. The van der Waals surface area contributed by atoms with E-state index < -0.39 is 0 Å². The van der Waals surface area contributed by atoms with Crippen LogP contribution in [0.1, 0.15) is 19.8 Å². The first-order valence-electron chi connectivity index (χ1n) is 5.31. The first-order chi connectivity index (χ1) is 6.75. The first-order valence-corrected chi connectivity index (χ1v) is 5.31. The zero-order chi connectivity index (χ0) is 9.71. The fraction of sp³-hybridized carbons (Fsp3) is 0.583. The number of carbonyl (C=O) groups excluding carboxylic acids is 1. The average molecular weight is 190 g/mol. The zero-order valence-electron chi connectivity index (χ0n) is 8.27. The summed E-state index contributed by atoms with van der Waals surface area (Å²) in [6, 6.07) is 0. The summed E-state index contributed by atoms with van der Waals surface area (Å²) in [4.78, 5) is 10.9. The largest absolute Gasteiger partial charge is 0.462 e. The summed E-state index contributed by atoms with van der Waals surface area (Å²) in [6.07, 6.45) is 9.11. The predicted octanol–water partition coefficient (Wildman–Crippen LogP) is 2.07. The molecule has 74 valence electrons. The number of rotatable bonds is 1. The average Bonchev–Trinajstić information content (AvgIpc) is 2.68. The van der Waals surface area contributed by atoms with Crippen molar-refractivity contribution in [2.24, 2.45) is 17.8 Å². The van der Waals surface area contributed by atoms with E-state index in [9.17, 15) is 4.79 Å². The lowest BCUT2D eigenvalue weighted by atomic mass is 9.84. The highest BCUT2D eigenvalue weighted by atomic mass is 16.5. The molecule has 0 spiro atoms. The molecule has 0 aromatic heterocycles. The molecule has 2 nitrogen and oxygen atoms in total. The van der Waals surface area contributed by atoms with Gasteiger partial charge in [0.2, 0.25) is 0 Å². The van der Waals surface area contributed by atoms with E-state index in [0.29, 0.717) is 17.8 Å². The topological polar surface area (TPSA) is 26.3 Å². The van der Waals surface area contributed by atoms with Crippen LogP contribution in [0.2, 0.25) is 0 Å². The zero-order valence-corrected chi connectivity index (χ0v) is 8.27. The smallest absolute Gasteiger partial charge is 0.302 e. The van der Waals surface area contributed by atoms with Gasteiger partial charge < -0.3 is 4.74 Å². The maximum Gasteiger partial charge on any atom is 0.302 e. The molecule has 0 saturated heterocycles. The molecule has 3 aliphatic carbocycles. The summed E-state index contributed by atoms with van der Waals surface area (Å²) in [5.41, 5.74) is 1.58. The molecule has 0 aromatic carbocycles. The van der Waals surface area contributed by atoms with Gasteiger partial charge in [0.05, 0.1) is 0 Å². The lowest BCUT2D eigenvalue weighted by Crippen LogP contribution is -2.28. The number of hydrogen-bond donors (Lipinski definition) is 0. The van der Waals surface area contributed by atoms with Gasteiger partial charge in [-0.1, -0.05) is 23.8 Å². The van der Waals surface area contributed by atoms with Crippen molar-refractivity contribution in [2.45, 2.75) is 25.9 Å². The number of carbonyl (C=O) groups is 1. The second-order valence-corrected chi connectivity index (χ2v) is 4.56. The molecule has 2 fully saturated rings. The maximum absolute atomic E-state index is 10.9. The van der Waals surface area contributed by atoms with Crippen LogP contribution in [0.25, 0.3) is 0 Å². The van der Waals surface area contributed by atoms with E-state index in [-0.39, 0.29) is 12.1 Å². The lowest BCUT2D eigenvalue weighted by Gasteiger charge is -2.27. The standard InChI is InChI=1S/C12H14O2/c1-7(13)14-12-6-8-5-11(12)10-4-2-3-9(8)10/h2-4,8,10-12H,5-6H2,1H3. The van der Waals surface area contributed by atoms with Crippen LogP contribution in [0, 0.1) is 17.8 Å². The molecule has 3 rings (SSSR count). The Labute approximate surface area is 83.6 Å². The molecule has 0 radical (unpaired) electrons. The third-order valence-electron chi connectivity index (χ3n) is 3.79. The van der Waals surface area contributed by atoms with Crippen molar-refractivity contribution in [1.29, 1.82) is 0 Å². The van der Waals surface area contributed by atoms with Crippen LogP contribution in [0.5, 0.6) is 0 Å². The van der Waals surface area contributed by atoms with Gasteiger partial charge in [0.15, 0.2) is 0 Å². The van der Waals surface area contributed by atoms with E-state index in [1.165, 1.54) is 13.3 Å². The third kappa shape index (κ3) is 0.999. The van der Waals surface area contributed by atoms with Crippen LogP contribution < -0.4 is 0 Å². The summed E-state index contributed by atoms with van der Waals surface area (Å²) < 4.78 is 5.35. The second kappa shape index (κ2) is 2.72. The molecule has 3 aliphatic rings. The van der Waals surface area contributed by atoms with Gasteiger partial charge in [-0.2, -0.15) is 0 Å². The second-order valence-electron chi connectivity index (χ2n) is 4.56. The van der Waals surface area contributed by atoms with E-state index in [1.54, 1.807) is 5.57 Å². The van der Waals surface area contributed by atoms with Gasteiger partial charge in [-0.25, -0.2) is 0 Å². The Morgan fingerprint density at radius 2 is 2.36 bits per heavy atom. The third-order valence-corrected chi connectivity index (χ3v) is 3.79. The molecule has 0 heterocycles. The molecule has 0 N–H and O–H groups in total. The summed E-state index contributed by atoms with van der Waals surface area (Å²) in [7, 11) is 0. The Bertz CT molecular complexity index is 340. The normalized spacial score (nSPS) is 42.5. The van der Waals surface area contributed by atoms with Gasteiger partial charge in [-0.15, -0.1) is 0 Å². The van der Waals surface area contributed by atoms with E-state index >= 15 is 0 Å². The number of esters is 1. The van der Waals surface area contributed by atoms with Crippen LogP contribution in [0.4, 0.5) is 0 Å². The Hall–Kier alpha value is -1.05. The highest BCUT2D eigenvalue weighted by Crippen LogP contribution is 2.55. The molecule has 4 atom stereocenters. The van der Waals surface area contributed by atoms with Crippen molar-refractivity contribution < 1.29 is 9.53 Å². The monoisotopic (exact) mass is 190 g/mol. The molecule has 2 bridgehead atoms. The highest BCUT2D eigenvalue weighted by molar-refractivity contribution is 5.66. The van der Waals surface area contributed by atoms with E-state index in [1.807, 2.05) is 0 Å². The van der Waals surface area contributed by atoms with E-state index in [4.69, 9.17) is 4.74 Å². The van der Waals surface area contributed by atoms with Crippen molar-refractivity contribution in [2.75, 3.05) is 0 Å². The maximum atomic E-state index is 10.9. The Morgan fingerprint density at radius 3 is 3.14 bits per heavy atom. The number of hydrogen-bond acceptors (Lipinski definition) is 2. The van der Waals surface area contributed by atoms with Gasteiger partial charge in [0.25, 0.3) is 0 Å². The molecular weight excluding hydrogens is 176 g/mol. The molecule has 0 aromatic rings. The summed E-state index contributed by atoms with van der Waals surface area (Å²) >= 11 is 0. The van der Waals surface area contributed by atoms with Gasteiger partial charge in [-0.3, -0.25) is 4.79 Å². The minimum Gasteiger partial charge on any atom is -0.462 e. The van der Waals surface area contributed by atoms with Crippen LogP contribution in [0.15, 0.2) is 23.8 Å². The molecule has 4 unspecified atom stereocenters. The van der Waals surface area contributed by atoms with Gasteiger partial charge in [0, 0.05) is 18.8 Å². The Kier molecular flexibility index (Phi) is 1.61. The number of fused-ring (bicyclic) bond motifs is 5. The van der Waals surface area contributed by atoms with Crippen LogP contribution in [-0.4, -0.2) is 12.1 Å². The molecule has 0 aliphatic heterocycles. The Balaban J connectivity index is 1.81. The molecule has 2 heteroatoms. The quantitative estimate of drug-likeness (QED) is 0.592. The fourth-order valence-corrected chi connectivity index (χ4v) is 3.34. The predicted molar refractivity (Wildman–Crippen MR) is 52.5 cm³/mol. The van der Waals surface area contributed by atoms with E-state index in [0.717, 1.165) is 6.42 Å². The minimum absolute atomic E-state index is 0.130. The molecule has 14 heavy (non-hydrogen) atoms. The van der Waals surface area contributed by atoms with Crippen LogP contribution in [-0.2, 0) is 9.53 Å². The van der Waals surface area contributed by atoms with Gasteiger partial charge >= 0.3 is 5.97 Å². The van der Waals surface area contributed by atoms with E-state index in [2.05, 4.69) is 18.2 Å². The van der Waals surface area contributed by atoms with Crippen molar-refractivity contribution in [3.05, 3.63) is 23.8 Å². The van der Waals surface area contributed by atoms with Gasteiger partial charge in [0.1, 0.15) is 6.10 Å². The molecular formula is C12H14O2. The Morgan fingerprint density at radius 1 is 1.50 bits per heavy atom. The van der Waals surface area contributed by atoms with Crippen molar-refractivity contribution >= 4 is 5.97 Å². The fourth-order valence-electron chi connectivity index (χ4n) is 3.34. The summed E-state index contributed by atoms with van der Waals surface area (Å²) in [5, 5.41) is 0. The number of ether oxygens (including phenoxy) is 1. The first kappa shape index (κ1) is 8.27. The summed E-state index contributed by atoms with van der Waals surface area (Å²) in [6.45, 7) is 1.51. The van der Waals surface area contributed by atoms with Gasteiger partial charge in [-0.05, 0) is 18.8 Å². The van der Waals surface area contributed by atoms with Crippen molar-refractivity contribution in [1.82, 2.24) is 0 Å². The molecule has 0 amide bonds.